The fraction of sp³-hybridized carbons (Fsp3) is 0.800. The molecule has 0 aromatic carbocycles. The third-order valence-electron chi connectivity index (χ3n) is 3.18. The van der Waals surface area contributed by atoms with Crippen LogP contribution in [0.25, 0.3) is 0 Å². The molecular weight excluding hydrogens is 244 g/mol. The maximum Gasteiger partial charge on any atom is 0.0895 e. The van der Waals surface area contributed by atoms with Crippen molar-refractivity contribution in [3.05, 3.63) is 11.1 Å². The Morgan fingerprint density at radius 2 is 2.38 bits per heavy atom. The first-order chi connectivity index (χ1) is 7.08. The number of nitrogens with two attached hydrogens (primary N) is 1. The zero-order valence-corrected chi connectivity index (χ0v) is 11.4. The van der Waals surface area contributed by atoms with E-state index in [-0.39, 0.29) is 17.8 Å². The molecule has 1 aliphatic heterocycles. The Balaban J connectivity index is 0.00000128. The van der Waals surface area contributed by atoms with Crippen molar-refractivity contribution in [1.29, 1.82) is 0 Å². The van der Waals surface area contributed by atoms with E-state index in [0.29, 0.717) is 6.04 Å². The summed E-state index contributed by atoms with van der Waals surface area (Å²) < 4.78 is 3.88. The normalized spacial score (nSPS) is 25.1. The molecule has 16 heavy (non-hydrogen) atoms. The van der Waals surface area contributed by atoms with Crippen LogP contribution in [0.5, 0.6) is 0 Å². The molecule has 1 unspecified atom stereocenters. The molecule has 0 saturated carbocycles. The van der Waals surface area contributed by atoms with Gasteiger partial charge in [-0.05, 0) is 23.4 Å². The van der Waals surface area contributed by atoms with Gasteiger partial charge in [-0.2, -0.15) is 0 Å². The second kappa shape index (κ2) is 5.40. The molecule has 1 aromatic heterocycles. The zero-order valence-electron chi connectivity index (χ0n) is 9.72. The summed E-state index contributed by atoms with van der Waals surface area (Å²) in [4.78, 5) is 2.42. The molecule has 2 N–H and O–H groups in total. The van der Waals surface area contributed by atoms with Gasteiger partial charge in [-0.3, -0.25) is 4.90 Å². The molecule has 1 aliphatic rings. The Kier molecular flexibility index (Phi) is 4.67. The third-order valence-corrected chi connectivity index (χ3v) is 3.74. The Hall–Kier alpha value is -0.230. The second-order valence-corrected chi connectivity index (χ2v) is 5.60. The fourth-order valence-corrected chi connectivity index (χ4v) is 2.54. The first-order valence-corrected chi connectivity index (χ1v) is 6.15. The maximum absolute atomic E-state index is 6.10. The van der Waals surface area contributed by atoms with Crippen molar-refractivity contribution in [3.63, 3.8) is 0 Å². The molecule has 1 aromatic rings. The molecule has 1 saturated heterocycles. The average Bonchev–Trinajstić information content (AvgIpc) is 2.63. The van der Waals surface area contributed by atoms with Gasteiger partial charge in [0.2, 0.25) is 0 Å². The van der Waals surface area contributed by atoms with Crippen molar-refractivity contribution in [1.82, 2.24) is 14.5 Å². The smallest absolute Gasteiger partial charge is 0.0895 e. The predicted molar refractivity (Wildman–Crippen MR) is 68.8 cm³/mol. The van der Waals surface area contributed by atoms with E-state index in [1.54, 1.807) is 0 Å². The van der Waals surface area contributed by atoms with Gasteiger partial charge in [0.25, 0.3) is 0 Å². The minimum atomic E-state index is 0. The lowest BCUT2D eigenvalue weighted by atomic mass is 9.80. The molecule has 0 amide bonds. The first kappa shape index (κ1) is 13.8. The van der Waals surface area contributed by atoms with Crippen LogP contribution in [-0.4, -0.2) is 33.6 Å². The Morgan fingerprint density at radius 1 is 1.62 bits per heavy atom. The summed E-state index contributed by atoms with van der Waals surface area (Å²) in [5.41, 5.74) is 7.38. The number of nitrogens with zero attached hydrogens (tertiary/aromatic N) is 3. The van der Waals surface area contributed by atoms with Gasteiger partial charge in [0, 0.05) is 31.1 Å². The maximum atomic E-state index is 6.10. The van der Waals surface area contributed by atoms with Crippen molar-refractivity contribution < 1.29 is 0 Å². The molecule has 1 atom stereocenters. The average molecular weight is 263 g/mol. The van der Waals surface area contributed by atoms with Crippen molar-refractivity contribution in [2.75, 3.05) is 13.1 Å². The minimum absolute atomic E-state index is 0. The highest BCUT2D eigenvalue weighted by Crippen LogP contribution is 2.28. The first-order valence-electron chi connectivity index (χ1n) is 5.32. The molecule has 0 bridgehead atoms. The molecule has 2 heterocycles. The van der Waals surface area contributed by atoms with E-state index in [1.165, 1.54) is 11.5 Å². The lowest BCUT2D eigenvalue weighted by Crippen LogP contribution is -2.52. The van der Waals surface area contributed by atoms with E-state index in [9.17, 15) is 0 Å². The van der Waals surface area contributed by atoms with Gasteiger partial charge in [-0.25, -0.2) is 0 Å². The van der Waals surface area contributed by atoms with Crippen LogP contribution in [0.3, 0.4) is 0 Å². The van der Waals surface area contributed by atoms with Crippen LogP contribution in [0.1, 0.15) is 26.0 Å². The van der Waals surface area contributed by atoms with Crippen LogP contribution in [0.15, 0.2) is 5.38 Å². The Bertz CT molecular complexity index is 315. The van der Waals surface area contributed by atoms with E-state index >= 15 is 0 Å². The van der Waals surface area contributed by atoms with E-state index in [4.69, 9.17) is 5.73 Å². The standard InChI is InChI=1S/C10H18N4S.ClH/c1-10(2)7-14(4-3-9(10)11)5-8-6-15-13-12-8;/h6,9H,3-5,7,11H2,1-2H3;1H. The molecular formula is C10H19ClN4S. The van der Waals surface area contributed by atoms with Gasteiger partial charge in [0.1, 0.15) is 0 Å². The predicted octanol–water partition coefficient (Wildman–Crippen LogP) is 1.52. The summed E-state index contributed by atoms with van der Waals surface area (Å²) in [7, 11) is 0. The summed E-state index contributed by atoms with van der Waals surface area (Å²) in [5, 5.41) is 6.09. The van der Waals surface area contributed by atoms with E-state index in [0.717, 1.165) is 31.7 Å². The van der Waals surface area contributed by atoms with Gasteiger partial charge >= 0.3 is 0 Å². The monoisotopic (exact) mass is 262 g/mol. The molecule has 0 radical (unpaired) electrons. The quantitative estimate of drug-likeness (QED) is 0.878. The highest BCUT2D eigenvalue weighted by atomic mass is 35.5. The van der Waals surface area contributed by atoms with Gasteiger partial charge < -0.3 is 5.73 Å². The lowest BCUT2D eigenvalue weighted by Gasteiger charge is -2.42. The fourth-order valence-electron chi connectivity index (χ4n) is 2.10. The van der Waals surface area contributed by atoms with Gasteiger partial charge in [0.15, 0.2) is 0 Å². The molecule has 0 spiro atoms. The number of aromatic nitrogens is 2. The zero-order chi connectivity index (χ0) is 10.9. The van der Waals surface area contributed by atoms with Gasteiger partial charge in [-0.1, -0.05) is 18.3 Å². The largest absolute Gasteiger partial charge is 0.327 e. The summed E-state index contributed by atoms with van der Waals surface area (Å²) in [6, 6.07) is 0.322. The topological polar surface area (TPSA) is 55.0 Å². The summed E-state index contributed by atoms with van der Waals surface area (Å²) in [6.07, 6.45) is 1.07. The van der Waals surface area contributed by atoms with E-state index in [1.807, 2.05) is 5.38 Å². The van der Waals surface area contributed by atoms with Crippen molar-refractivity contribution in [2.24, 2.45) is 11.1 Å². The van der Waals surface area contributed by atoms with Crippen LogP contribution in [-0.2, 0) is 6.54 Å². The van der Waals surface area contributed by atoms with Crippen LogP contribution in [0, 0.1) is 5.41 Å². The molecule has 4 nitrogen and oxygen atoms in total. The van der Waals surface area contributed by atoms with Crippen LogP contribution in [0.2, 0.25) is 0 Å². The minimum Gasteiger partial charge on any atom is -0.327 e. The van der Waals surface area contributed by atoms with Crippen molar-refractivity contribution >= 4 is 23.9 Å². The lowest BCUT2D eigenvalue weighted by molar-refractivity contribution is 0.0889. The molecule has 92 valence electrons. The van der Waals surface area contributed by atoms with Crippen molar-refractivity contribution in [2.45, 2.75) is 32.9 Å². The second-order valence-electron chi connectivity index (χ2n) is 4.99. The number of piperidine rings is 1. The summed E-state index contributed by atoms with van der Waals surface area (Å²) in [6.45, 7) is 7.51. The van der Waals surface area contributed by atoms with Crippen LogP contribution < -0.4 is 5.73 Å². The third kappa shape index (κ3) is 3.13. The van der Waals surface area contributed by atoms with Crippen LogP contribution >= 0.6 is 23.9 Å². The van der Waals surface area contributed by atoms with E-state index < -0.39 is 0 Å². The molecule has 6 heteroatoms. The van der Waals surface area contributed by atoms with Gasteiger partial charge in [0.05, 0.1) is 5.69 Å². The number of halogens is 1. The number of rotatable bonds is 2. The highest BCUT2D eigenvalue weighted by molar-refractivity contribution is 7.03. The Morgan fingerprint density at radius 3 is 2.94 bits per heavy atom. The highest BCUT2D eigenvalue weighted by Gasteiger charge is 2.33. The van der Waals surface area contributed by atoms with E-state index in [2.05, 4.69) is 28.3 Å². The summed E-state index contributed by atoms with van der Waals surface area (Å²) >= 11 is 1.42. The van der Waals surface area contributed by atoms with Crippen LogP contribution in [0.4, 0.5) is 0 Å². The van der Waals surface area contributed by atoms with Crippen molar-refractivity contribution in [3.8, 4) is 0 Å². The molecule has 2 rings (SSSR count). The number of hydrogen-bond donors (Lipinski definition) is 1. The Labute approximate surface area is 107 Å². The van der Waals surface area contributed by atoms with Gasteiger partial charge in [-0.15, -0.1) is 17.5 Å². The summed E-state index contributed by atoms with van der Waals surface area (Å²) in [5.74, 6) is 0. The molecule has 1 fully saturated rings. The number of likely N-dealkylation sites (tertiary alicyclic amines) is 1. The number of hydrogen-bond acceptors (Lipinski definition) is 5. The molecule has 0 aliphatic carbocycles. The SMILES string of the molecule is CC1(C)CN(Cc2csnn2)CCC1N.Cl.